The third kappa shape index (κ3) is 3.08. The lowest BCUT2D eigenvalue weighted by Gasteiger charge is -2.41. The molecule has 2 aromatic rings. The average molecular weight is 299 g/mol. The maximum atomic E-state index is 9.62. The Balaban J connectivity index is 1.87. The molecule has 3 rings (SSSR count). The van der Waals surface area contributed by atoms with E-state index in [4.69, 9.17) is 4.98 Å². The minimum atomic E-state index is -0.271. The van der Waals surface area contributed by atoms with Crippen molar-refractivity contribution in [1.29, 1.82) is 0 Å². The van der Waals surface area contributed by atoms with Crippen LogP contribution >= 0.6 is 0 Å². The second kappa shape index (κ2) is 6.23. The smallest absolute Gasteiger partial charge is 0.136 e. The van der Waals surface area contributed by atoms with E-state index < -0.39 is 0 Å². The van der Waals surface area contributed by atoms with Crippen LogP contribution in [0.4, 0.5) is 5.82 Å². The van der Waals surface area contributed by atoms with Crippen LogP contribution in [0.5, 0.6) is 0 Å². The van der Waals surface area contributed by atoms with Crippen molar-refractivity contribution >= 4 is 16.6 Å². The van der Waals surface area contributed by atoms with E-state index >= 15 is 0 Å². The molecule has 22 heavy (non-hydrogen) atoms. The summed E-state index contributed by atoms with van der Waals surface area (Å²) in [5, 5.41) is 12.1. The van der Waals surface area contributed by atoms with Crippen LogP contribution in [0.2, 0.25) is 0 Å². The molecule has 1 saturated heterocycles. The molecule has 4 nitrogen and oxygen atoms in total. The summed E-state index contributed by atoms with van der Waals surface area (Å²) in [4.78, 5) is 9.55. The fourth-order valence-corrected chi connectivity index (χ4v) is 3.35. The Morgan fingerprint density at radius 1 is 1.32 bits per heavy atom. The number of aliphatic hydroxyl groups excluding tert-OH is 1. The summed E-state index contributed by atoms with van der Waals surface area (Å²) in [7, 11) is 0. The molecule has 0 bridgehead atoms. The number of nitrogens with zero attached hydrogens (tertiary/aromatic N) is 3. The minimum Gasteiger partial charge on any atom is -0.392 e. The largest absolute Gasteiger partial charge is 0.392 e. The van der Waals surface area contributed by atoms with E-state index in [0.29, 0.717) is 6.04 Å². The molecule has 0 unspecified atom stereocenters. The van der Waals surface area contributed by atoms with Crippen LogP contribution in [0.15, 0.2) is 30.3 Å². The highest BCUT2D eigenvalue weighted by Crippen LogP contribution is 2.27. The van der Waals surface area contributed by atoms with Crippen LogP contribution < -0.4 is 4.90 Å². The van der Waals surface area contributed by atoms with Gasteiger partial charge in [-0.05, 0) is 32.2 Å². The van der Waals surface area contributed by atoms with Crippen molar-refractivity contribution in [3.8, 4) is 0 Å². The van der Waals surface area contributed by atoms with Gasteiger partial charge in [0.2, 0.25) is 0 Å². The van der Waals surface area contributed by atoms with Gasteiger partial charge in [0.15, 0.2) is 0 Å². The van der Waals surface area contributed by atoms with E-state index in [2.05, 4.69) is 54.0 Å². The molecule has 1 aliphatic rings. The predicted octanol–water partition coefficient (Wildman–Crippen LogP) is 2.43. The molecule has 118 valence electrons. The number of benzene rings is 1. The Bertz CT molecular complexity index is 656. The van der Waals surface area contributed by atoms with E-state index in [9.17, 15) is 5.11 Å². The number of hydrogen-bond donors (Lipinski definition) is 1. The highest BCUT2D eigenvalue weighted by Gasteiger charge is 2.26. The summed E-state index contributed by atoms with van der Waals surface area (Å²) >= 11 is 0. The number of anilines is 1. The Morgan fingerprint density at radius 2 is 2.09 bits per heavy atom. The number of piperazine rings is 1. The number of pyridine rings is 1. The minimum absolute atomic E-state index is 0.271. The first kappa shape index (κ1) is 15.3. The van der Waals surface area contributed by atoms with Gasteiger partial charge in [-0.2, -0.15) is 0 Å². The summed E-state index contributed by atoms with van der Waals surface area (Å²) in [6.07, 6.45) is -0.271. The standard InChI is InChI=1S/C18H25N3O/c1-13-10-16-6-4-5-7-17(16)18(19-13)21-9-8-20(12-15(3)22)14(2)11-21/h4-7,10,14-15,22H,8-9,11-12H2,1-3H3/t14-,15+/m1/s1. The fraction of sp³-hybridized carbons (Fsp3) is 0.500. The van der Waals surface area contributed by atoms with Gasteiger partial charge in [-0.15, -0.1) is 0 Å². The second-order valence-electron chi connectivity index (χ2n) is 6.45. The van der Waals surface area contributed by atoms with Crippen molar-refractivity contribution in [2.75, 3.05) is 31.1 Å². The first-order chi connectivity index (χ1) is 10.5. The lowest BCUT2D eigenvalue weighted by Crippen LogP contribution is -2.53. The lowest BCUT2D eigenvalue weighted by atomic mass is 10.1. The van der Waals surface area contributed by atoms with Crippen LogP contribution in [0.1, 0.15) is 19.5 Å². The van der Waals surface area contributed by atoms with Crippen molar-refractivity contribution in [3.05, 3.63) is 36.0 Å². The molecule has 0 amide bonds. The number of β-amino-alcohol motifs (C(OH)–C–C–N with tert-alkyl or cyclic N) is 1. The van der Waals surface area contributed by atoms with Crippen molar-refractivity contribution in [1.82, 2.24) is 9.88 Å². The monoisotopic (exact) mass is 299 g/mol. The van der Waals surface area contributed by atoms with Gasteiger partial charge in [0, 0.05) is 43.3 Å². The van der Waals surface area contributed by atoms with Gasteiger partial charge in [0.05, 0.1) is 6.10 Å². The van der Waals surface area contributed by atoms with Gasteiger partial charge >= 0.3 is 0 Å². The van der Waals surface area contributed by atoms with E-state index in [1.54, 1.807) is 0 Å². The van der Waals surface area contributed by atoms with Gasteiger partial charge in [0.25, 0.3) is 0 Å². The summed E-state index contributed by atoms with van der Waals surface area (Å²) in [6, 6.07) is 11.0. The van der Waals surface area contributed by atoms with Crippen LogP contribution in [0, 0.1) is 6.92 Å². The summed E-state index contributed by atoms with van der Waals surface area (Å²) in [5.74, 6) is 1.10. The van der Waals surface area contributed by atoms with Crippen molar-refractivity contribution in [2.24, 2.45) is 0 Å². The van der Waals surface area contributed by atoms with E-state index in [1.807, 2.05) is 6.92 Å². The SMILES string of the molecule is Cc1cc2ccccc2c(N2CCN(C[C@H](C)O)[C@H](C)C2)n1. The van der Waals surface area contributed by atoms with E-state index in [1.165, 1.54) is 10.8 Å². The Labute approximate surface area is 132 Å². The summed E-state index contributed by atoms with van der Waals surface area (Å²) < 4.78 is 0. The second-order valence-corrected chi connectivity index (χ2v) is 6.45. The molecule has 0 aliphatic carbocycles. The van der Waals surface area contributed by atoms with Gasteiger partial charge < -0.3 is 10.0 Å². The first-order valence-electron chi connectivity index (χ1n) is 8.08. The first-order valence-corrected chi connectivity index (χ1v) is 8.08. The molecular weight excluding hydrogens is 274 g/mol. The maximum absolute atomic E-state index is 9.62. The molecule has 1 aliphatic heterocycles. The molecule has 1 N–H and O–H groups in total. The zero-order valence-electron chi connectivity index (χ0n) is 13.7. The zero-order chi connectivity index (χ0) is 15.7. The fourth-order valence-electron chi connectivity index (χ4n) is 3.35. The zero-order valence-corrected chi connectivity index (χ0v) is 13.7. The molecule has 0 saturated carbocycles. The van der Waals surface area contributed by atoms with E-state index in [0.717, 1.165) is 37.7 Å². The lowest BCUT2D eigenvalue weighted by molar-refractivity contribution is 0.0959. The normalized spacial score (nSPS) is 21.3. The van der Waals surface area contributed by atoms with Crippen LogP contribution in [-0.2, 0) is 0 Å². The molecule has 4 heteroatoms. The Morgan fingerprint density at radius 3 is 2.82 bits per heavy atom. The molecule has 1 fully saturated rings. The topological polar surface area (TPSA) is 39.6 Å². The van der Waals surface area contributed by atoms with E-state index in [-0.39, 0.29) is 6.10 Å². The molecule has 0 spiro atoms. The summed E-state index contributed by atoms with van der Waals surface area (Å²) in [5.41, 5.74) is 1.06. The molecule has 0 radical (unpaired) electrons. The number of hydrogen-bond acceptors (Lipinski definition) is 4. The number of aromatic nitrogens is 1. The van der Waals surface area contributed by atoms with Gasteiger partial charge in [0.1, 0.15) is 5.82 Å². The molecular formula is C18H25N3O. The quantitative estimate of drug-likeness (QED) is 0.945. The van der Waals surface area contributed by atoms with Gasteiger partial charge in [-0.1, -0.05) is 24.3 Å². The van der Waals surface area contributed by atoms with Gasteiger partial charge in [-0.3, -0.25) is 4.90 Å². The molecule has 1 aromatic carbocycles. The van der Waals surface area contributed by atoms with Crippen LogP contribution in [-0.4, -0.2) is 53.3 Å². The number of fused-ring (bicyclic) bond motifs is 1. The highest BCUT2D eigenvalue weighted by molar-refractivity contribution is 5.92. The number of aliphatic hydroxyl groups is 1. The molecule has 2 atom stereocenters. The number of aryl methyl sites for hydroxylation is 1. The third-order valence-electron chi connectivity index (χ3n) is 4.41. The maximum Gasteiger partial charge on any atom is 0.136 e. The molecule has 1 aromatic heterocycles. The van der Waals surface area contributed by atoms with Crippen molar-refractivity contribution < 1.29 is 5.11 Å². The third-order valence-corrected chi connectivity index (χ3v) is 4.41. The van der Waals surface area contributed by atoms with Crippen LogP contribution in [0.3, 0.4) is 0 Å². The highest BCUT2D eigenvalue weighted by atomic mass is 16.3. The summed E-state index contributed by atoms with van der Waals surface area (Å²) in [6.45, 7) is 9.77. The van der Waals surface area contributed by atoms with Crippen molar-refractivity contribution in [3.63, 3.8) is 0 Å². The average Bonchev–Trinajstić information content (AvgIpc) is 2.48. The molecule has 2 heterocycles. The van der Waals surface area contributed by atoms with Crippen LogP contribution in [0.25, 0.3) is 10.8 Å². The Hall–Kier alpha value is -1.65. The number of rotatable bonds is 3. The predicted molar refractivity (Wildman–Crippen MR) is 91.4 cm³/mol. The Kier molecular flexibility index (Phi) is 4.32. The van der Waals surface area contributed by atoms with Crippen molar-refractivity contribution in [2.45, 2.75) is 32.9 Å². The van der Waals surface area contributed by atoms with Gasteiger partial charge in [-0.25, -0.2) is 4.98 Å².